The average Bonchev–Trinajstić information content (AvgIpc) is 2.25. The molecule has 0 saturated carbocycles. The first kappa shape index (κ1) is 11.1. The van der Waals surface area contributed by atoms with Crippen LogP contribution < -0.4 is 5.32 Å². The molecule has 0 aliphatic carbocycles. The zero-order valence-corrected chi connectivity index (χ0v) is 9.10. The highest BCUT2D eigenvalue weighted by atomic mass is 32.2. The first-order valence-corrected chi connectivity index (χ1v) is 5.80. The highest BCUT2D eigenvalue weighted by molar-refractivity contribution is 7.98. The molecule has 0 atom stereocenters. The Balaban J connectivity index is 2.33. The van der Waals surface area contributed by atoms with Crippen LogP contribution >= 0.6 is 11.8 Å². The summed E-state index contributed by atoms with van der Waals surface area (Å²) in [5, 5.41) is 11.4. The normalized spacial score (nSPS) is 9.71. The fourth-order valence-corrected chi connectivity index (χ4v) is 1.58. The fourth-order valence-electron chi connectivity index (χ4n) is 1.17. The van der Waals surface area contributed by atoms with E-state index in [4.69, 9.17) is 5.26 Å². The summed E-state index contributed by atoms with van der Waals surface area (Å²) < 4.78 is 0. The van der Waals surface area contributed by atoms with Crippen LogP contribution in [0.15, 0.2) is 29.2 Å². The molecule has 74 valence electrons. The number of hydrogen-bond acceptors (Lipinski definition) is 3. The SMILES string of the molecule is CSc1ccc(CCNCC#N)cc1. The van der Waals surface area contributed by atoms with Gasteiger partial charge in [0, 0.05) is 11.4 Å². The smallest absolute Gasteiger partial charge is 0.0841 e. The number of hydrogen-bond donors (Lipinski definition) is 1. The molecule has 0 radical (unpaired) electrons. The van der Waals surface area contributed by atoms with E-state index < -0.39 is 0 Å². The molecule has 0 heterocycles. The predicted molar refractivity (Wildman–Crippen MR) is 60.4 cm³/mol. The topological polar surface area (TPSA) is 35.8 Å². The highest BCUT2D eigenvalue weighted by Gasteiger charge is 1.93. The second kappa shape index (κ2) is 6.47. The molecular weight excluding hydrogens is 192 g/mol. The Morgan fingerprint density at radius 2 is 2.07 bits per heavy atom. The van der Waals surface area contributed by atoms with Crippen molar-refractivity contribution in [2.75, 3.05) is 19.3 Å². The molecule has 0 saturated heterocycles. The minimum Gasteiger partial charge on any atom is -0.304 e. The predicted octanol–water partition coefficient (Wildman–Crippen LogP) is 2.06. The lowest BCUT2D eigenvalue weighted by Gasteiger charge is -2.02. The van der Waals surface area contributed by atoms with Crippen molar-refractivity contribution < 1.29 is 0 Å². The van der Waals surface area contributed by atoms with Gasteiger partial charge in [-0.3, -0.25) is 0 Å². The summed E-state index contributed by atoms with van der Waals surface area (Å²) in [6, 6.07) is 10.6. The minimum absolute atomic E-state index is 0.433. The molecule has 1 rings (SSSR count). The quantitative estimate of drug-likeness (QED) is 0.455. The Morgan fingerprint density at radius 1 is 1.36 bits per heavy atom. The molecule has 1 aromatic carbocycles. The molecule has 1 N–H and O–H groups in total. The molecule has 0 amide bonds. The van der Waals surface area contributed by atoms with E-state index in [2.05, 4.69) is 41.9 Å². The summed E-state index contributed by atoms with van der Waals surface area (Å²) in [6.45, 7) is 1.30. The molecule has 0 aliphatic heterocycles. The van der Waals surface area contributed by atoms with E-state index in [1.54, 1.807) is 11.8 Å². The Morgan fingerprint density at radius 3 is 2.64 bits per heavy atom. The third-order valence-corrected chi connectivity index (χ3v) is 2.70. The van der Waals surface area contributed by atoms with Gasteiger partial charge in [-0.05, 0) is 30.4 Å². The molecule has 0 bridgehead atoms. The van der Waals surface area contributed by atoms with Crippen LogP contribution in [-0.4, -0.2) is 19.3 Å². The summed E-state index contributed by atoms with van der Waals surface area (Å²) in [4.78, 5) is 1.29. The van der Waals surface area contributed by atoms with Gasteiger partial charge in [-0.1, -0.05) is 12.1 Å². The molecule has 0 fully saturated rings. The first-order valence-electron chi connectivity index (χ1n) is 4.57. The number of nitriles is 1. The first-order chi connectivity index (χ1) is 6.86. The number of nitrogens with zero attached hydrogens (tertiary/aromatic N) is 1. The molecule has 0 aromatic heterocycles. The number of nitrogens with one attached hydrogen (secondary N) is 1. The van der Waals surface area contributed by atoms with Crippen LogP contribution in [0.4, 0.5) is 0 Å². The highest BCUT2D eigenvalue weighted by Crippen LogP contribution is 2.14. The van der Waals surface area contributed by atoms with Gasteiger partial charge in [0.25, 0.3) is 0 Å². The van der Waals surface area contributed by atoms with Crippen molar-refractivity contribution in [2.24, 2.45) is 0 Å². The largest absolute Gasteiger partial charge is 0.304 e. The van der Waals surface area contributed by atoms with Gasteiger partial charge < -0.3 is 5.32 Å². The van der Waals surface area contributed by atoms with E-state index in [0.29, 0.717) is 6.54 Å². The van der Waals surface area contributed by atoms with E-state index in [0.717, 1.165) is 13.0 Å². The third-order valence-electron chi connectivity index (χ3n) is 1.95. The maximum absolute atomic E-state index is 8.32. The fraction of sp³-hybridized carbons (Fsp3) is 0.364. The lowest BCUT2D eigenvalue weighted by Crippen LogP contribution is -2.16. The standard InChI is InChI=1S/C11H14N2S/c1-14-11-4-2-10(3-5-11)6-8-13-9-7-12/h2-5,13H,6,8-9H2,1H3. The van der Waals surface area contributed by atoms with E-state index >= 15 is 0 Å². The number of benzene rings is 1. The van der Waals surface area contributed by atoms with Gasteiger partial charge in [-0.2, -0.15) is 5.26 Å². The Bertz CT molecular complexity index is 300. The Hall–Kier alpha value is -0.980. The third kappa shape index (κ3) is 3.82. The van der Waals surface area contributed by atoms with Gasteiger partial charge in [-0.25, -0.2) is 0 Å². The summed E-state index contributed by atoms with van der Waals surface area (Å²) >= 11 is 1.75. The van der Waals surface area contributed by atoms with Crippen LogP contribution in [0.2, 0.25) is 0 Å². The monoisotopic (exact) mass is 206 g/mol. The van der Waals surface area contributed by atoms with Gasteiger partial charge in [0.05, 0.1) is 12.6 Å². The molecule has 0 unspecified atom stereocenters. The van der Waals surface area contributed by atoms with E-state index in [1.807, 2.05) is 0 Å². The molecular formula is C11H14N2S. The minimum atomic E-state index is 0.433. The van der Waals surface area contributed by atoms with Crippen LogP contribution in [0, 0.1) is 11.3 Å². The van der Waals surface area contributed by atoms with Crippen molar-refractivity contribution in [2.45, 2.75) is 11.3 Å². The van der Waals surface area contributed by atoms with Crippen LogP contribution in [0.5, 0.6) is 0 Å². The number of thioether (sulfide) groups is 1. The average molecular weight is 206 g/mol. The van der Waals surface area contributed by atoms with E-state index in [-0.39, 0.29) is 0 Å². The van der Waals surface area contributed by atoms with Gasteiger partial charge >= 0.3 is 0 Å². The van der Waals surface area contributed by atoms with Crippen molar-refractivity contribution in [3.8, 4) is 6.07 Å². The van der Waals surface area contributed by atoms with Crippen molar-refractivity contribution in [3.63, 3.8) is 0 Å². The van der Waals surface area contributed by atoms with E-state index in [1.165, 1.54) is 10.5 Å². The summed E-state index contributed by atoms with van der Waals surface area (Å²) in [7, 11) is 0. The van der Waals surface area contributed by atoms with Crippen LogP contribution in [0.3, 0.4) is 0 Å². The zero-order chi connectivity index (χ0) is 10.2. The van der Waals surface area contributed by atoms with Gasteiger partial charge in [0.2, 0.25) is 0 Å². The molecule has 3 heteroatoms. The lowest BCUT2D eigenvalue weighted by atomic mass is 10.1. The van der Waals surface area contributed by atoms with Crippen molar-refractivity contribution in [1.29, 1.82) is 5.26 Å². The Kier molecular flexibility index (Phi) is 5.13. The Labute approximate surface area is 89.3 Å². The second-order valence-corrected chi connectivity index (χ2v) is 3.81. The van der Waals surface area contributed by atoms with Crippen molar-refractivity contribution in [3.05, 3.63) is 29.8 Å². The second-order valence-electron chi connectivity index (χ2n) is 2.93. The summed E-state index contributed by atoms with van der Waals surface area (Å²) in [6.07, 6.45) is 3.06. The van der Waals surface area contributed by atoms with Crippen LogP contribution in [0.25, 0.3) is 0 Å². The number of rotatable bonds is 5. The summed E-state index contributed by atoms with van der Waals surface area (Å²) in [5.74, 6) is 0. The molecule has 1 aromatic rings. The maximum Gasteiger partial charge on any atom is 0.0841 e. The maximum atomic E-state index is 8.32. The van der Waals surface area contributed by atoms with Crippen molar-refractivity contribution >= 4 is 11.8 Å². The van der Waals surface area contributed by atoms with E-state index in [9.17, 15) is 0 Å². The van der Waals surface area contributed by atoms with Crippen LogP contribution in [0.1, 0.15) is 5.56 Å². The molecule has 0 spiro atoms. The van der Waals surface area contributed by atoms with Crippen LogP contribution in [-0.2, 0) is 6.42 Å². The molecule has 0 aliphatic rings. The zero-order valence-electron chi connectivity index (χ0n) is 8.29. The van der Waals surface area contributed by atoms with Gasteiger partial charge in [-0.15, -0.1) is 11.8 Å². The van der Waals surface area contributed by atoms with Gasteiger partial charge in [0.15, 0.2) is 0 Å². The van der Waals surface area contributed by atoms with Gasteiger partial charge in [0.1, 0.15) is 0 Å². The summed E-state index contributed by atoms with van der Waals surface area (Å²) in [5.41, 5.74) is 1.31. The molecule has 14 heavy (non-hydrogen) atoms. The molecule has 2 nitrogen and oxygen atoms in total. The van der Waals surface area contributed by atoms with Crippen molar-refractivity contribution in [1.82, 2.24) is 5.32 Å². The lowest BCUT2D eigenvalue weighted by molar-refractivity contribution is 0.749.